The van der Waals surface area contributed by atoms with Crippen LogP contribution in [-0.4, -0.2) is 28.1 Å². The Balaban J connectivity index is 1.53. The maximum absolute atomic E-state index is 4.66. The topological polar surface area (TPSA) is 34.0 Å². The van der Waals surface area contributed by atoms with E-state index in [9.17, 15) is 0 Å². The predicted octanol–water partition coefficient (Wildman–Crippen LogP) is 4.65. The average molecular weight is 380 g/mol. The number of aromatic nitrogens is 3. The molecule has 2 aliphatic rings. The fourth-order valence-corrected chi connectivity index (χ4v) is 5.35. The summed E-state index contributed by atoms with van der Waals surface area (Å²) < 4.78 is 2.19. The van der Waals surface area contributed by atoms with E-state index in [-0.39, 0.29) is 6.04 Å². The Hall–Kier alpha value is -3.14. The van der Waals surface area contributed by atoms with Gasteiger partial charge in [-0.25, -0.2) is 4.68 Å². The highest BCUT2D eigenvalue weighted by atomic mass is 15.4. The molecule has 0 aliphatic carbocycles. The molecule has 144 valence electrons. The molecule has 4 nitrogen and oxygen atoms in total. The zero-order valence-corrected chi connectivity index (χ0v) is 16.4. The lowest BCUT2D eigenvalue weighted by molar-refractivity contribution is 0.332. The lowest BCUT2D eigenvalue weighted by Gasteiger charge is -2.44. The highest BCUT2D eigenvalue weighted by molar-refractivity contribution is 5.75. The molecule has 0 fully saturated rings. The molecule has 4 aromatic rings. The van der Waals surface area contributed by atoms with Crippen LogP contribution in [0.5, 0.6) is 0 Å². The van der Waals surface area contributed by atoms with Gasteiger partial charge in [-0.2, -0.15) is 0 Å². The van der Waals surface area contributed by atoms with Gasteiger partial charge in [0.05, 0.1) is 11.6 Å². The van der Waals surface area contributed by atoms with Gasteiger partial charge >= 0.3 is 0 Å². The summed E-state index contributed by atoms with van der Waals surface area (Å²) in [6.07, 6.45) is 3.46. The van der Waals surface area contributed by atoms with Crippen molar-refractivity contribution in [2.24, 2.45) is 5.92 Å². The average Bonchev–Trinajstić information content (AvgIpc) is 3.19. The summed E-state index contributed by atoms with van der Waals surface area (Å²) in [5, 5.41) is 9.14. The molecule has 0 bridgehead atoms. The SMILES string of the molecule is c1ccc(CC2CN3CCCc4cccc(c43)C2n2nnc3ccccc32)cc1. The van der Waals surface area contributed by atoms with Crippen LogP contribution >= 0.6 is 0 Å². The van der Waals surface area contributed by atoms with Crippen LogP contribution < -0.4 is 4.90 Å². The van der Waals surface area contributed by atoms with E-state index in [1.807, 2.05) is 6.07 Å². The number of fused-ring (bicyclic) bond motifs is 1. The van der Waals surface area contributed by atoms with Crippen LogP contribution in [-0.2, 0) is 12.8 Å². The molecule has 6 rings (SSSR count). The predicted molar refractivity (Wildman–Crippen MR) is 116 cm³/mol. The molecule has 2 aliphatic heterocycles. The Bertz CT molecular complexity index is 1160. The van der Waals surface area contributed by atoms with Crippen LogP contribution in [0.1, 0.15) is 29.2 Å². The Morgan fingerprint density at radius 1 is 0.897 bits per heavy atom. The molecule has 29 heavy (non-hydrogen) atoms. The van der Waals surface area contributed by atoms with E-state index in [1.54, 1.807) is 0 Å². The van der Waals surface area contributed by atoms with E-state index < -0.39 is 0 Å². The van der Waals surface area contributed by atoms with Crippen LogP contribution in [0.2, 0.25) is 0 Å². The van der Waals surface area contributed by atoms with Gasteiger partial charge in [0.25, 0.3) is 0 Å². The minimum atomic E-state index is 0.201. The van der Waals surface area contributed by atoms with Gasteiger partial charge in [-0.05, 0) is 42.5 Å². The molecule has 3 aromatic carbocycles. The Kier molecular flexibility index (Phi) is 3.89. The molecule has 1 aromatic heterocycles. The summed E-state index contributed by atoms with van der Waals surface area (Å²) in [7, 11) is 0. The maximum atomic E-state index is 4.66. The van der Waals surface area contributed by atoms with Gasteiger partial charge in [-0.1, -0.05) is 65.9 Å². The second-order valence-electron chi connectivity index (χ2n) is 8.32. The van der Waals surface area contributed by atoms with Crippen molar-refractivity contribution in [2.75, 3.05) is 18.0 Å². The van der Waals surface area contributed by atoms with Gasteiger partial charge in [0.15, 0.2) is 0 Å². The van der Waals surface area contributed by atoms with Gasteiger partial charge in [0.2, 0.25) is 0 Å². The number of rotatable bonds is 3. The molecular formula is C25H24N4. The summed E-state index contributed by atoms with van der Waals surface area (Å²) in [5.41, 5.74) is 7.83. The lowest BCUT2D eigenvalue weighted by Crippen LogP contribution is -2.44. The van der Waals surface area contributed by atoms with Crippen molar-refractivity contribution in [3.8, 4) is 0 Å². The van der Waals surface area contributed by atoms with Gasteiger partial charge < -0.3 is 4.90 Å². The van der Waals surface area contributed by atoms with E-state index in [1.165, 1.54) is 35.2 Å². The third-order valence-electron chi connectivity index (χ3n) is 6.54. The fraction of sp³-hybridized carbons (Fsp3) is 0.280. The summed E-state index contributed by atoms with van der Waals surface area (Å²) >= 11 is 0. The third kappa shape index (κ3) is 2.74. The van der Waals surface area contributed by atoms with Crippen molar-refractivity contribution >= 4 is 16.7 Å². The molecule has 2 unspecified atom stereocenters. The van der Waals surface area contributed by atoms with E-state index in [2.05, 4.69) is 86.6 Å². The van der Waals surface area contributed by atoms with E-state index in [4.69, 9.17) is 0 Å². The Morgan fingerprint density at radius 3 is 2.69 bits per heavy atom. The Morgan fingerprint density at radius 2 is 1.76 bits per heavy atom. The maximum Gasteiger partial charge on any atom is 0.113 e. The highest BCUT2D eigenvalue weighted by Crippen LogP contribution is 2.45. The first-order valence-corrected chi connectivity index (χ1v) is 10.6. The molecule has 0 N–H and O–H groups in total. The zero-order chi connectivity index (χ0) is 19.2. The van der Waals surface area contributed by atoms with Gasteiger partial charge in [0.1, 0.15) is 5.52 Å². The van der Waals surface area contributed by atoms with Gasteiger partial charge in [-0.3, -0.25) is 0 Å². The van der Waals surface area contributed by atoms with Crippen LogP contribution in [0.3, 0.4) is 0 Å². The number of nitrogens with zero attached hydrogens (tertiary/aromatic N) is 4. The van der Waals surface area contributed by atoms with Crippen LogP contribution in [0.15, 0.2) is 72.8 Å². The zero-order valence-electron chi connectivity index (χ0n) is 16.4. The van der Waals surface area contributed by atoms with Crippen LogP contribution in [0, 0.1) is 5.92 Å². The lowest BCUT2D eigenvalue weighted by atomic mass is 9.80. The normalized spacial score (nSPS) is 20.6. The minimum absolute atomic E-state index is 0.201. The monoisotopic (exact) mass is 380 g/mol. The second-order valence-corrected chi connectivity index (χ2v) is 8.32. The van der Waals surface area contributed by atoms with Gasteiger partial charge in [-0.15, -0.1) is 5.10 Å². The number of aryl methyl sites for hydroxylation is 1. The number of para-hydroxylation sites is 2. The van der Waals surface area contributed by atoms with Crippen LogP contribution in [0.25, 0.3) is 11.0 Å². The van der Waals surface area contributed by atoms with Gasteiger partial charge in [0, 0.05) is 30.3 Å². The molecule has 0 amide bonds. The largest absolute Gasteiger partial charge is 0.371 e. The summed E-state index contributed by atoms with van der Waals surface area (Å²) in [6.45, 7) is 2.22. The fourth-order valence-electron chi connectivity index (χ4n) is 5.35. The van der Waals surface area contributed by atoms with Crippen molar-refractivity contribution in [1.82, 2.24) is 15.0 Å². The summed E-state index contributed by atoms with van der Waals surface area (Å²) in [5.74, 6) is 0.448. The number of benzene rings is 3. The first-order valence-electron chi connectivity index (χ1n) is 10.6. The highest BCUT2D eigenvalue weighted by Gasteiger charge is 2.38. The molecule has 4 heteroatoms. The first-order chi connectivity index (χ1) is 14.4. The molecule has 0 radical (unpaired) electrons. The van der Waals surface area contributed by atoms with Crippen molar-refractivity contribution in [3.05, 3.63) is 89.5 Å². The number of hydrogen-bond acceptors (Lipinski definition) is 3. The van der Waals surface area contributed by atoms with Crippen molar-refractivity contribution < 1.29 is 0 Å². The van der Waals surface area contributed by atoms with E-state index in [0.29, 0.717) is 5.92 Å². The standard InChI is InChI=1S/C25H24N4/c1-2-8-18(9-3-1)16-20-17-28-15-7-11-19-10-6-12-21(24(19)28)25(20)29-23-14-5-4-13-22(23)26-27-29/h1-6,8-10,12-14,20,25H,7,11,15-17H2. The minimum Gasteiger partial charge on any atom is -0.371 e. The van der Waals surface area contributed by atoms with Crippen molar-refractivity contribution in [2.45, 2.75) is 25.3 Å². The molecule has 0 saturated carbocycles. The van der Waals surface area contributed by atoms with Crippen molar-refractivity contribution in [3.63, 3.8) is 0 Å². The first kappa shape index (κ1) is 16.8. The van der Waals surface area contributed by atoms with E-state index in [0.717, 1.165) is 30.5 Å². The molecule has 2 atom stereocenters. The smallest absolute Gasteiger partial charge is 0.113 e. The number of hydrogen-bond donors (Lipinski definition) is 0. The van der Waals surface area contributed by atoms with Crippen molar-refractivity contribution in [1.29, 1.82) is 0 Å². The molecule has 3 heterocycles. The summed E-state index contributed by atoms with van der Waals surface area (Å²) in [6, 6.07) is 26.3. The Labute approximate surface area is 170 Å². The second kappa shape index (κ2) is 6.73. The summed E-state index contributed by atoms with van der Waals surface area (Å²) in [4.78, 5) is 2.62. The molecular weight excluding hydrogens is 356 g/mol. The number of anilines is 1. The quantitative estimate of drug-likeness (QED) is 0.519. The molecule has 0 spiro atoms. The van der Waals surface area contributed by atoms with E-state index >= 15 is 0 Å². The van der Waals surface area contributed by atoms with Crippen LogP contribution in [0.4, 0.5) is 5.69 Å². The molecule has 0 saturated heterocycles. The third-order valence-corrected chi connectivity index (χ3v) is 6.54.